The van der Waals surface area contributed by atoms with Crippen LogP contribution < -0.4 is 0 Å². The number of Topliss-reactive ketones (excluding diaryl/α,β-unsaturated/α-hetero) is 1. The van der Waals surface area contributed by atoms with Gasteiger partial charge >= 0.3 is 5.97 Å². The van der Waals surface area contributed by atoms with Gasteiger partial charge in [0.2, 0.25) is 0 Å². The highest BCUT2D eigenvalue weighted by atomic mass is 16.5. The fourth-order valence-electron chi connectivity index (χ4n) is 2.93. The maximum atomic E-state index is 11.8. The summed E-state index contributed by atoms with van der Waals surface area (Å²) in [6.07, 6.45) is 18.2. The van der Waals surface area contributed by atoms with Gasteiger partial charge in [0.1, 0.15) is 5.78 Å². The smallest absolute Gasteiger partial charge is 0.305 e. The molecule has 0 aromatic heterocycles. The molecule has 148 valence electrons. The minimum Gasteiger partial charge on any atom is -0.466 e. The number of rotatable bonds is 19. The first-order chi connectivity index (χ1) is 12.2. The van der Waals surface area contributed by atoms with Gasteiger partial charge in [0.25, 0.3) is 0 Å². The van der Waals surface area contributed by atoms with Crippen molar-refractivity contribution in [1.29, 1.82) is 0 Å². The second-order valence-corrected chi connectivity index (χ2v) is 7.25. The first-order valence-corrected chi connectivity index (χ1v) is 10.9. The van der Waals surface area contributed by atoms with Gasteiger partial charge < -0.3 is 4.74 Å². The molecule has 0 unspecified atom stereocenters. The van der Waals surface area contributed by atoms with Crippen molar-refractivity contribution in [2.75, 3.05) is 6.61 Å². The van der Waals surface area contributed by atoms with E-state index >= 15 is 0 Å². The van der Waals surface area contributed by atoms with E-state index in [9.17, 15) is 9.59 Å². The van der Waals surface area contributed by atoms with Crippen molar-refractivity contribution < 1.29 is 14.3 Å². The molecule has 3 heteroatoms. The van der Waals surface area contributed by atoms with Crippen LogP contribution in [-0.4, -0.2) is 18.4 Å². The molecule has 0 aromatic rings. The van der Waals surface area contributed by atoms with Crippen LogP contribution in [0.4, 0.5) is 0 Å². The Bertz CT molecular complexity index is 312. The predicted octanol–water partition coefficient (Wildman–Crippen LogP) is 6.77. The lowest BCUT2D eigenvalue weighted by molar-refractivity contribution is -0.143. The number of carbonyl (C=O) groups excluding carboxylic acids is 2. The molecule has 0 radical (unpaired) electrons. The number of carbonyl (C=O) groups is 2. The first-order valence-electron chi connectivity index (χ1n) is 10.9. The summed E-state index contributed by atoms with van der Waals surface area (Å²) in [4.78, 5) is 23.2. The van der Waals surface area contributed by atoms with E-state index < -0.39 is 0 Å². The third-order valence-corrected chi connectivity index (χ3v) is 4.66. The Hall–Kier alpha value is -0.860. The highest BCUT2D eigenvalue weighted by Crippen LogP contribution is 2.12. The molecule has 0 aliphatic heterocycles. The molecular weight excluding hydrogens is 312 g/mol. The van der Waals surface area contributed by atoms with Crippen LogP contribution >= 0.6 is 0 Å². The van der Waals surface area contributed by atoms with Gasteiger partial charge in [-0.3, -0.25) is 9.59 Å². The van der Waals surface area contributed by atoms with Crippen LogP contribution in [0.5, 0.6) is 0 Å². The van der Waals surface area contributed by atoms with Gasteiger partial charge in [-0.15, -0.1) is 0 Å². The van der Waals surface area contributed by atoms with Gasteiger partial charge in [0.15, 0.2) is 0 Å². The summed E-state index contributed by atoms with van der Waals surface area (Å²) in [5.41, 5.74) is 0. The summed E-state index contributed by atoms with van der Waals surface area (Å²) < 4.78 is 5.14. The normalized spacial score (nSPS) is 10.8. The van der Waals surface area contributed by atoms with Crippen molar-refractivity contribution in [3.8, 4) is 0 Å². The van der Waals surface area contributed by atoms with E-state index in [1.165, 1.54) is 38.5 Å². The molecule has 0 fully saturated rings. The van der Waals surface area contributed by atoms with Gasteiger partial charge in [-0.25, -0.2) is 0 Å². The largest absolute Gasteiger partial charge is 0.466 e. The second kappa shape index (κ2) is 19.5. The van der Waals surface area contributed by atoms with Crippen LogP contribution in [0.2, 0.25) is 0 Å². The minimum atomic E-state index is -0.0475. The van der Waals surface area contributed by atoms with Crippen molar-refractivity contribution in [3.05, 3.63) is 0 Å². The van der Waals surface area contributed by atoms with Crippen LogP contribution in [0.15, 0.2) is 0 Å². The molecule has 0 saturated carbocycles. The third kappa shape index (κ3) is 19.3. The zero-order chi connectivity index (χ0) is 18.6. The highest BCUT2D eigenvalue weighted by Gasteiger charge is 2.03. The van der Waals surface area contributed by atoms with Gasteiger partial charge in [0.05, 0.1) is 6.61 Å². The highest BCUT2D eigenvalue weighted by molar-refractivity contribution is 5.78. The van der Waals surface area contributed by atoms with E-state index in [0.29, 0.717) is 18.8 Å². The molecule has 0 aliphatic rings. The van der Waals surface area contributed by atoms with Gasteiger partial charge in [-0.1, -0.05) is 78.1 Å². The molecule has 25 heavy (non-hydrogen) atoms. The molecule has 3 nitrogen and oxygen atoms in total. The summed E-state index contributed by atoms with van der Waals surface area (Å²) in [7, 11) is 0. The average molecular weight is 355 g/mol. The maximum Gasteiger partial charge on any atom is 0.305 e. The molecule has 0 rings (SSSR count). The Kier molecular flexibility index (Phi) is 18.8. The zero-order valence-electron chi connectivity index (χ0n) is 17.0. The SMILES string of the molecule is CCCCCCCCC(=O)CCCCCCCCC(=O)OCCCC. The number of ketones is 1. The molecule has 0 amide bonds. The van der Waals surface area contributed by atoms with Gasteiger partial charge in [-0.2, -0.15) is 0 Å². The van der Waals surface area contributed by atoms with E-state index in [1.54, 1.807) is 0 Å². The molecule has 0 spiro atoms. The summed E-state index contributed by atoms with van der Waals surface area (Å²) >= 11 is 0. The fraction of sp³-hybridized carbons (Fsp3) is 0.909. The van der Waals surface area contributed by atoms with Crippen LogP contribution in [-0.2, 0) is 14.3 Å². The number of ether oxygens (including phenoxy) is 1. The quantitative estimate of drug-likeness (QED) is 0.190. The Morgan fingerprint density at radius 3 is 1.52 bits per heavy atom. The van der Waals surface area contributed by atoms with Crippen LogP contribution in [0.3, 0.4) is 0 Å². The molecule has 0 atom stereocenters. The molecule has 0 aliphatic carbocycles. The topological polar surface area (TPSA) is 43.4 Å². The molecule has 0 heterocycles. The van der Waals surface area contributed by atoms with Crippen molar-refractivity contribution >= 4 is 11.8 Å². The zero-order valence-corrected chi connectivity index (χ0v) is 17.0. The van der Waals surface area contributed by atoms with E-state index in [-0.39, 0.29) is 5.97 Å². The van der Waals surface area contributed by atoms with E-state index in [4.69, 9.17) is 4.74 Å². The minimum absolute atomic E-state index is 0.0475. The van der Waals surface area contributed by atoms with E-state index in [0.717, 1.165) is 64.2 Å². The maximum absolute atomic E-state index is 11.8. The van der Waals surface area contributed by atoms with Crippen LogP contribution in [0, 0.1) is 0 Å². The summed E-state index contributed by atoms with van der Waals surface area (Å²) in [5.74, 6) is 0.402. The summed E-state index contributed by atoms with van der Waals surface area (Å²) in [6, 6.07) is 0. The Morgan fingerprint density at radius 2 is 1.00 bits per heavy atom. The summed E-state index contributed by atoms with van der Waals surface area (Å²) in [6.45, 7) is 4.89. The van der Waals surface area contributed by atoms with E-state index in [2.05, 4.69) is 13.8 Å². The van der Waals surface area contributed by atoms with Crippen molar-refractivity contribution in [3.63, 3.8) is 0 Å². The van der Waals surface area contributed by atoms with Crippen LogP contribution in [0.1, 0.15) is 123 Å². The van der Waals surface area contributed by atoms with Crippen molar-refractivity contribution in [1.82, 2.24) is 0 Å². The number of esters is 1. The molecule has 0 N–H and O–H groups in total. The standard InChI is InChI=1S/C22H42O3/c1-3-5-7-8-11-14-17-21(23)18-15-12-9-10-13-16-19-22(24)25-20-6-4-2/h3-20H2,1-2H3. The fourth-order valence-corrected chi connectivity index (χ4v) is 2.93. The van der Waals surface area contributed by atoms with Crippen LogP contribution in [0.25, 0.3) is 0 Å². The molecule has 0 aromatic carbocycles. The van der Waals surface area contributed by atoms with Crippen molar-refractivity contribution in [2.24, 2.45) is 0 Å². The first kappa shape index (κ1) is 24.1. The van der Waals surface area contributed by atoms with Gasteiger partial charge in [-0.05, 0) is 25.7 Å². The molecule has 0 saturated heterocycles. The lowest BCUT2D eigenvalue weighted by atomic mass is 10.0. The van der Waals surface area contributed by atoms with Gasteiger partial charge in [0, 0.05) is 19.3 Å². The predicted molar refractivity (Wildman–Crippen MR) is 106 cm³/mol. The Labute approximate surface area is 156 Å². The number of hydrogen-bond donors (Lipinski definition) is 0. The lowest BCUT2D eigenvalue weighted by Crippen LogP contribution is -2.05. The number of hydrogen-bond acceptors (Lipinski definition) is 3. The Morgan fingerprint density at radius 1 is 0.560 bits per heavy atom. The molecule has 0 bridgehead atoms. The van der Waals surface area contributed by atoms with Crippen molar-refractivity contribution in [2.45, 2.75) is 123 Å². The Balaban J connectivity index is 3.24. The molecular formula is C22H42O3. The monoisotopic (exact) mass is 354 g/mol. The second-order valence-electron chi connectivity index (χ2n) is 7.25. The average Bonchev–Trinajstić information content (AvgIpc) is 2.60. The van der Waals surface area contributed by atoms with E-state index in [1.807, 2.05) is 0 Å². The summed E-state index contributed by atoms with van der Waals surface area (Å²) in [5, 5.41) is 0. The number of unbranched alkanes of at least 4 members (excludes halogenated alkanes) is 11. The third-order valence-electron chi connectivity index (χ3n) is 4.66. The lowest BCUT2D eigenvalue weighted by Gasteiger charge is -2.04.